The highest BCUT2D eigenvalue weighted by atomic mass is 16.2. The van der Waals surface area contributed by atoms with Crippen LogP contribution in [0.5, 0.6) is 0 Å². The second kappa shape index (κ2) is 8.34. The third-order valence-corrected chi connectivity index (χ3v) is 5.92. The molecular weight excluding hydrogens is 388 g/mol. The van der Waals surface area contributed by atoms with E-state index < -0.39 is 0 Å². The highest BCUT2D eigenvalue weighted by Gasteiger charge is 2.30. The molecule has 1 atom stereocenters. The fourth-order valence-electron chi connectivity index (χ4n) is 4.04. The van der Waals surface area contributed by atoms with Crippen molar-refractivity contribution in [2.45, 2.75) is 26.2 Å². The highest BCUT2D eigenvalue weighted by molar-refractivity contribution is 6.09. The average molecular weight is 412 g/mol. The topological polar surface area (TPSA) is 84.2 Å². The van der Waals surface area contributed by atoms with Crippen LogP contribution in [0.15, 0.2) is 71.7 Å². The van der Waals surface area contributed by atoms with Gasteiger partial charge in [0.05, 0.1) is 5.71 Å². The van der Waals surface area contributed by atoms with E-state index in [2.05, 4.69) is 50.1 Å². The van der Waals surface area contributed by atoms with Crippen molar-refractivity contribution in [2.24, 2.45) is 16.8 Å². The molecule has 0 saturated heterocycles. The number of nitrogens with zero attached hydrogens (tertiary/aromatic N) is 6. The molecule has 5 rings (SSSR count). The Hall–Kier alpha value is -3.48. The Balaban J connectivity index is 1.36. The zero-order chi connectivity index (χ0) is 21.2. The van der Waals surface area contributed by atoms with Crippen LogP contribution in [-0.2, 0) is 0 Å². The molecule has 0 bridgehead atoms. The van der Waals surface area contributed by atoms with Crippen molar-refractivity contribution in [1.29, 1.82) is 0 Å². The average Bonchev–Trinajstić information content (AvgIpc) is 3.54. The first-order valence-electron chi connectivity index (χ1n) is 10.7. The van der Waals surface area contributed by atoms with Crippen molar-refractivity contribution in [3.05, 3.63) is 72.4 Å². The molecule has 1 unspecified atom stereocenters. The van der Waals surface area contributed by atoms with Crippen molar-refractivity contribution in [1.82, 2.24) is 24.8 Å². The van der Waals surface area contributed by atoms with Gasteiger partial charge in [-0.25, -0.2) is 15.0 Å². The Morgan fingerprint density at radius 1 is 1.16 bits per heavy atom. The molecule has 1 amide bonds. The summed E-state index contributed by atoms with van der Waals surface area (Å²) in [6.45, 7) is 3.53. The van der Waals surface area contributed by atoms with Gasteiger partial charge in [0.15, 0.2) is 5.69 Å². The van der Waals surface area contributed by atoms with Gasteiger partial charge in [-0.2, -0.15) is 0 Å². The number of rotatable bonds is 7. The largest absolute Gasteiger partial charge is 0.337 e. The standard InChI is InChI=1S/C24H24N6O/c1-16-3-2-4-20-18(13-29-21(16)20)7-10-30(14-17-5-6-17)24(31)23-22(27-8-9-28-23)19-11-25-15-26-12-19/h2-4,8-9,11-13,15-17H,5-7,10,14H2,1H3. The molecule has 156 valence electrons. The molecule has 31 heavy (non-hydrogen) atoms. The number of hydrogen-bond acceptors (Lipinski definition) is 6. The van der Waals surface area contributed by atoms with Crippen LogP contribution < -0.4 is 0 Å². The molecule has 1 saturated carbocycles. The van der Waals surface area contributed by atoms with Gasteiger partial charge in [-0.1, -0.05) is 25.2 Å². The molecule has 3 heterocycles. The van der Waals surface area contributed by atoms with Crippen LogP contribution >= 0.6 is 0 Å². The van der Waals surface area contributed by atoms with Gasteiger partial charge in [0.1, 0.15) is 12.0 Å². The van der Waals surface area contributed by atoms with Gasteiger partial charge in [0, 0.05) is 61.1 Å². The Morgan fingerprint density at radius 2 is 1.97 bits per heavy atom. The number of amides is 1. The molecule has 1 aliphatic heterocycles. The van der Waals surface area contributed by atoms with Gasteiger partial charge in [-0.05, 0) is 30.8 Å². The summed E-state index contributed by atoms with van der Waals surface area (Å²) >= 11 is 0. The van der Waals surface area contributed by atoms with Crippen molar-refractivity contribution < 1.29 is 4.79 Å². The summed E-state index contributed by atoms with van der Waals surface area (Å²) in [7, 11) is 0. The van der Waals surface area contributed by atoms with Crippen molar-refractivity contribution >= 4 is 11.6 Å². The van der Waals surface area contributed by atoms with E-state index in [4.69, 9.17) is 0 Å². The predicted molar refractivity (Wildman–Crippen MR) is 118 cm³/mol. The number of fused-ring (bicyclic) bond motifs is 1. The summed E-state index contributed by atoms with van der Waals surface area (Å²) in [6, 6.07) is 0. The molecular formula is C24H24N6O. The van der Waals surface area contributed by atoms with Gasteiger partial charge in [-0.15, -0.1) is 0 Å². The van der Waals surface area contributed by atoms with E-state index in [0.29, 0.717) is 35.3 Å². The summed E-state index contributed by atoms with van der Waals surface area (Å²) in [4.78, 5) is 37.0. The lowest BCUT2D eigenvalue weighted by molar-refractivity contribution is 0.0744. The lowest BCUT2D eigenvalue weighted by Crippen LogP contribution is -2.35. The number of allylic oxidation sites excluding steroid dienone is 4. The van der Waals surface area contributed by atoms with E-state index in [1.165, 1.54) is 30.3 Å². The van der Waals surface area contributed by atoms with Crippen molar-refractivity contribution in [3.8, 4) is 11.3 Å². The molecule has 0 aromatic carbocycles. The molecule has 1 fully saturated rings. The SMILES string of the molecule is CC1C=CC=C2C(CCN(CC3CC3)C(=O)c3nccnc3-c3cncnc3)=CN=C21. The van der Waals surface area contributed by atoms with Gasteiger partial charge in [0.25, 0.3) is 5.91 Å². The number of aliphatic imine (C=N–C) groups is 1. The minimum Gasteiger partial charge on any atom is -0.337 e. The number of hydrogen-bond donors (Lipinski definition) is 0. The summed E-state index contributed by atoms with van der Waals surface area (Å²) in [6.07, 6.45) is 19.4. The van der Waals surface area contributed by atoms with Gasteiger partial charge in [-0.3, -0.25) is 14.8 Å². The molecule has 2 aromatic heterocycles. The van der Waals surface area contributed by atoms with E-state index in [1.807, 2.05) is 11.1 Å². The fourth-order valence-corrected chi connectivity index (χ4v) is 4.04. The van der Waals surface area contributed by atoms with Crippen LogP contribution in [0.1, 0.15) is 36.7 Å². The molecule has 2 aliphatic carbocycles. The van der Waals surface area contributed by atoms with Crippen LogP contribution in [0.3, 0.4) is 0 Å². The smallest absolute Gasteiger partial charge is 0.274 e. The summed E-state index contributed by atoms with van der Waals surface area (Å²) < 4.78 is 0. The number of aromatic nitrogens is 4. The maximum atomic E-state index is 13.6. The van der Waals surface area contributed by atoms with Crippen LogP contribution in [0.2, 0.25) is 0 Å². The minimum atomic E-state index is -0.0931. The fraction of sp³-hybridized carbons (Fsp3) is 0.333. The van der Waals surface area contributed by atoms with E-state index >= 15 is 0 Å². The molecule has 3 aliphatic rings. The third kappa shape index (κ3) is 4.08. The van der Waals surface area contributed by atoms with Crippen LogP contribution in [0.4, 0.5) is 0 Å². The molecule has 0 spiro atoms. The second-order valence-electron chi connectivity index (χ2n) is 8.25. The molecule has 0 N–H and O–H groups in total. The third-order valence-electron chi connectivity index (χ3n) is 5.92. The molecule has 7 heteroatoms. The molecule has 0 radical (unpaired) electrons. The zero-order valence-corrected chi connectivity index (χ0v) is 17.5. The van der Waals surface area contributed by atoms with Crippen LogP contribution in [-0.4, -0.2) is 49.5 Å². The second-order valence-corrected chi connectivity index (χ2v) is 8.25. The minimum absolute atomic E-state index is 0.0931. The highest BCUT2D eigenvalue weighted by Crippen LogP contribution is 2.33. The lowest BCUT2D eigenvalue weighted by atomic mass is 9.89. The van der Waals surface area contributed by atoms with Crippen molar-refractivity contribution in [2.75, 3.05) is 13.1 Å². The maximum absolute atomic E-state index is 13.6. The number of carbonyl (C=O) groups is 1. The van der Waals surface area contributed by atoms with Gasteiger partial charge >= 0.3 is 0 Å². The first-order valence-corrected chi connectivity index (χ1v) is 10.7. The lowest BCUT2D eigenvalue weighted by Gasteiger charge is -2.24. The first-order chi connectivity index (χ1) is 15.2. The molecule has 2 aromatic rings. The van der Waals surface area contributed by atoms with E-state index in [-0.39, 0.29) is 5.91 Å². The monoisotopic (exact) mass is 412 g/mol. The van der Waals surface area contributed by atoms with Crippen molar-refractivity contribution in [3.63, 3.8) is 0 Å². The Morgan fingerprint density at radius 3 is 2.77 bits per heavy atom. The quantitative estimate of drug-likeness (QED) is 0.693. The first kappa shape index (κ1) is 19.5. The van der Waals surface area contributed by atoms with E-state index in [1.54, 1.807) is 24.8 Å². The Labute approximate surface area is 181 Å². The number of carbonyl (C=O) groups excluding carboxylic acids is 1. The predicted octanol–water partition coefficient (Wildman–Crippen LogP) is 3.65. The van der Waals surface area contributed by atoms with E-state index in [9.17, 15) is 4.79 Å². The summed E-state index contributed by atoms with van der Waals surface area (Å²) in [5.41, 5.74) is 5.08. The summed E-state index contributed by atoms with van der Waals surface area (Å²) in [5, 5.41) is 0. The van der Waals surface area contributed by atoms with Crippen LogP contribution in [0, 0.1) is 11.8 Å². The normalized spacial score (nSPS) is 19.4. The van der Waals surface area contributed by atoms with E-state index in [0.717, 1.165) is 18.7 Å². The van der Waals surface area contributed by atoms with Gasteiger partial charge in [0.2, 0.25) is 0 Å². The Bertz CT molecular complexity index is 1110. The Kier molecular flexibility index (Phi) is 5.24. The summed E-state index contributed by atoms with van der Waals surface area (Å²) in [5.74, 6) is 0.808. The van der Waals surface area contributed by atoms with Gasteiger partial charge < -0.3 is 4.90 Å². The maximum Gasteiger partial charge on any atom is 0.274 e. The van der Waals surface area contributed by atoms with Crippen LogP contribution in [0.25, 0.3) is 11.3 Å². The zero-order valence-electron chi connectivity index (χ0n) is 17.5. The molecule has 7 nitrogen and oxygen atoms in total.